The van der Waals surface area contributed by atoms with Crippen LogP contribution in [0.1, 0.15) is 25.7 Å². The molecule has 0 aromatic heterocycles. The van der Waals surface area contributed by atoms with Crippen molar-refractivity contribution >= 4 is 6.29 Å². The second-order valence-electron chi connectivity index (χ2n) is 3.51. The lowest BCUT2D eigenvalue weighted by molar-refractivity contribution is -0.171. The average molecular weight is 170 g/mol. The summed E-state index contributed by atoms with van der Waals surface area (Å²) in [7, 11) is 0. The van der Waals surface area contributed by atoms with Gasteiger partial charge in [-0.3, -0.25) is 0 Å². The number of ether oxygens (including phenoxy) is 2. The Kier molecular flexibility index (Phi) is 2.42. The second kappa shape index (κ2) is 3.54. The smallest absolute Gasteiger partial charge is 0.157 e. The molecular weight excluding hydrogens is 156 g/mol. The van der Waals surface area contributed by atoms with E-state index >= 15 is 0 Å². The summed E-state index contributed by atoms with van der Waals surface area (Å²) >= 11 is 0. The third-order valence-electron chi connectivity index (χ3n) is 2.42. The first-order valence-corrected chi connectivity index (χ1v) is 4.62. The summed E-state index contributed by atoms with van der Waals surface area (Å²) in [4.78, 5) is 10.3. The fraction of sp³-hybridized carbons (Fsp3) is 0.889. The molecule has 0 radical (unpaired) electrons. The number of hydrogen-bond donors (Lipinski definition) is 0. The van der Waals surface area contributed by atoms with Gasteiger partial charge in [0.15, 0.2) is 6.29 Å². The quantitative estimate of drug-likeness (QED) is 0.595. The van der Waals surface area contributed by atoms with E-state index in [0.29, 0.717) is 0 Å². The Hall–Kier alpha value is -0.410. The number of carbonyl (C=O) groups excluding carboxylic acids is 1. The lowest BCUT2D eigenvalue weighted by atomic mass is 10.2. The third-order valence-corrected chi connectivity index (χ3v) is 2.42. The summed E-state index contributed by atoms with van der Waals surface area (Å²) in [5.41, 5.74) is 0. The maximum atomic E-state index is 10.3. The van der Waals surface area contributed by atoms with Crippen LogP contribution in [-0.4, -0.2) is 25.3 Å². The van der Waals surface area contributed by atoms with E-state index in [0.717, 1.165) is 32.2 Å². The first-order chi connectivity index (χ1) is 5.90. The molecule has 3 atom stereocenters. The lowest BCUT2D eigenvalue weighted by Gasteiger charge is -2.22. The van der Waals surface area contributed by atoms with Crippen molar-refractivity contribution < 1.29 is 14.3 Å². The zero-order chi connectivity index (χ0) is 8.39. The highest BCUT2D eigenvalue weighted by Crippen LogP contribution is 2.34. The molecule has 3 nitrogen and oxygen atoms in total. The Morgan fingerprint density at radius 3 is 2.92 bits per heavy atom. The highest BCUT2D eigenvalue weighted by Gasteiger charge is 2.40. The van der Waals surface area contributed by atoms with Gasteiger partial charge in [-0.25, -0.2) is 0 Å². The van der Waals surface area contributed by atoms with Gasteiger partial charge in [-0.05, 0) is 25.7 Å². The van der Waals surface area contributed by atoms with Crippen LogP contribution in [0.3, 0.4) is 0 Å². The standard InChI is InChI=1S/C9H14O3/c10-6-7-5-8(7)12-9-3-1-2-4-11-9/h6-9H,1-5H2. The van der Waals surface area contributed by atoms with Crippen LogP contribution in [0, 0.1) is 5.92 Å². The Morgan fingerprint density at radius 1 is 1.42 bits per heavy atom. The molecule has 1 aliphatic carbocycles. The van der Waals surface area contributed by atoms with Gasteiger partial charge in [0.25, 0.3) is 0 Å². The molecule has 1 saturated carbocycles. The average Bonchev–Trinajstić information content (AvgIpc) is 2.85. The van der Waals surface area contributed by atoms with Gasteiger partial charge in [-0.15, -0.1) is 0 Å². The van der Waals surface area contributed by atoms with Gasteiger partial charge < -0.3 is 14.3 Å². The molecule has 2 aliphatic rings. The van der Waals surface area contributed by atoms with Crippen molar-refractivity contribution in [3.05, 3.63) is 0 Å². The molecule has 3 unspecified atom stereocenters. The van der Waals surface area contributed by atoms with Crippen LogP contribution in [0.15, 0.2) is 0 Å². The summed E-state index contributed by atoms with van der Waals surface area (Å²) in [5, 5.41) is 0. The molecular formula is C9H14O3. The molecule has 0 N–H and O–H groups in total. The summed E-state index contributed by atoms with van der Waals surface area (Å²) in [6, 6.07) is 0. The highest BCUT2D eigenvalue weighted by atomic mass is 16.7. The normalized spacial score (nSPS) is 40.8. The van der Waals surface area contributed by atoms with Crippen LogP contribution >= 0.6 is 0 Å². The largest absolute Gasteiger partial charge is 0.353 e. The van der Waals surface area contributed by atoms with Crippen molar-refractivity contribution in [1.29, 1.82) is 0 Å². The minimum absolute atomic E-state index is 0.0336. The molecule has 1 heterocycles. The molecule has 2 fully saturated rings. The molecule has 3 heteroatoms. The Balaban J connectivity index is 1.69. The first-order valence-electron chi connectivity index (χ1n) is 4.62. The minimum atomic E-state index is -0.0336. The molecule has 2 rings (SSSR count). The summed E-state index contributed by atoms with van der Waals surface area (Å²) < 4.78 is 10.9. The Labute approximate surface area is 72.0 Å². The van der Waals surface area contributed by atoms with Crippen LogP contribution < -0.4 is 0 Å². The molecule has 68 valence electrons. The van der Waals surface area contributed by atoms with E-state index in [-0.39, 0.29) is 18.3 Å². The van der Waals surface area contributed by atoms with Gasteiger partial charge >= 0.3 is 0 Å². The lowest BCUT2D eigenvalue weighted by Crippen LogP contribution is -2.23. The van der Waals surface area contributed by atoms with E-state index in [2.05, 4.69) is 0 Å². The third kappa shape index (κ3) is 1.84. The van der Waals surface area contributed by atoms with E-state index in [1.165, 1.54) is 6.42 Å². The van der Waals surface area contributed by atoms with E-state index < -0.39 is 0 Å². The number of rotatable bonds is 3. The van der Waals surface area contributed by atoms with Crippen molar-refractivity contribution in [2.45, 2.75) is 38.1 Å². The van der Waals surface area contributed by atoms with E-state index in [1.54, 1.807) is 0 Å². The Morgan fingerprint density at radius 2 is 2.33 bits per heavy atom. The maximum Gasteiger partial charge on any atom is 0.157 e. The van der Waals surface area contributed by atoms with E-state index in [1.807, 2.05) is 0 Å². The predicted molar refractivity (Wildman–Crippen MR) is 42.6 cm³/mol. The molecule has 0 bridgehead atoms. The minimum Gasteiger partial charge on any atom is -0.353 e. The van der Waals surface area contributed by atoms with Crippen LogP contribution in [-0.2, 0) is 14.3 Å². The van der Waals surface area contributed by atoms with Gasteiger partial charge in [0.1, 0.15) is 6.29 Å². The highest BCUT2D eigenvalue weighted by molar-refractivity contribution is 5.58. The van der Waals surface area contributed by atoms with E-state index in [9.17, 15) is 4.79 Å². The van der Waals surface area contributed by atoms with Crippen molar-refractivity contribution in [1.82, 2.24) is 0 Å². The van der Waals surface area contributed by atoms with Crippen LogP contribution in [0.4, 0.5) is 0 Å². The fourth-order valence-electron chi connectivity index (χ4n) is 1.50. The van der Waals surface area contributed by atoms with Crippen molar-refractivity contribution in [3.63, 3.8) is 0 Å². The summed E-state index contributed by atoms with van der Waals surface area (Å²) in [5.74, 6) is 0.149. The number of carbonyl (C=O) groups is 1. The molecule has 1 saturated heterocycles. The number of hydrogen-bond acceptors (Lipinski definition) is 3. The summed E-state index contributed by atoms with van der Waals surface area (Å²) in [6.07, 6.45) is 5.31. The number of aldehydes is 1. The monoisotopic (exact) mass is 170 g/mol. The van der Waals surface area contributed by atoms with Gasteiger partial charge in [0, 0.05) is 12.5 Å². The van der Waals surface area contributed by atoms with Crippen LogP contribution in [0.2, 0.25) is 0 Å². The van der Waals surface area contributed by atoms with Crippen molar-refractivity contribution in [2.24, 2.45) is 5.92 Å². The molecule has 0 spiro atoms. The van der Waals surface area contributed by atoms with Crippen molar-refractivity contribution in [3.8, 4) is 0 Å². The summed E-state index contributed by atoms with van der Waals surface area (Å²) in [6.45, 7) is 0.809. The molecule has 12 heavy (non-hydrogen) atoms. The Bertz CT molecular complexity index is 163. The first kappa shape index (κ1) is 8.20. The zero-order valence-electron chi connectivity index (χ0n) is 7.07. The molecule has 0 aromatic carbocycles. The molecule has 1 aliphatic heterocycles. The van der Waals surface area contributed by atoms with Gasteiger partial charge in [0.05, 0.1) is 6.10 Å². The van der Waals surface area contributed by atoms with E-state index in [4.69, 9.17) is 9.47 Å². The maximum absolute atomic E-state index is 10.3. The van der Waals surface area contributed by atoms with Crippen molar-refractivity contribution in [2.75, 3.05) is 6.61 Å². The van der Waals surface area contributed by atoms with Gasteiger partial charge in [-0.1, -0.05) is 0 Å². The zero-order valence-corrected chi connectivity index (χ0v) is 7.07. The van der Waals surface area contributed by atoms with Gasteiger partial charge in [-0.2, -0.15) is 0 Å². The molecule has 0 amide bonds. The SMILES string of the molecule is O=CC1CC1OC1CCCCO1. The van der Waals surface area contributed by atoms with Crippen LogP contribution in [0.5, 0.6) is 0 Å². The topological polar surface area (TPSA) is 35.5 Å². The second-order valence-corrected chi connectivity index (χ2v) is 3.51. The predicted octanol–water partition coefficient (Wildman–Crippen LogP) is 1.12. The molecule has 0 aromatic rings. The fourth-order valence-corrected chi connectivity index (χ4v) is 1.50. The van der Waals surface area contributed by atoms with Gasteiger partial charge in [0.2, 0.25) is 0 Å². The van der Waals surface area contributed by atoms with Crippen LogP contribution in [0.25, 0.3) is 0 Å².